The van der Waals surface area contributed by atoms with Gasteiger partial charge in [0, 0.05) is 18.5 Å². The average molecular weight is 348 g/mol. The second-order valence-corrected chi connectivity index (χ2v) is 5.52. The summed E-state index contributed by atoms with van der Waals surface area (Å²) in [6.07, 6.45) is 3.68. The van der Waals surface area contributed by atoms with Crippen LogP contribution in [0.5, 0.6) is 0 Å². The Balaban J connectivity index is 1.86. The molecule has 0 aliphatic rings. The van der Waals surface area contributed by atoms with Crippen molar-refractivity contribution in [3.8, 4) is 5.69 Å². The standard InChI is InChI=1S/C19H16N4O3/c1-14(15-8-2-5-11-18(15)23(25)26)20-21-19(24)16-9-3-4-10-17(16)22-12-6-7-13-22/h2-13H,1H3,(H,21,24)/b20-14-. The van der Waals surface area contributed by atoms with Crippen LogP contribution in [-0.2, 0) is 0 Å². The summed E-state index contributed by atoms with van der Waals surface area (Å²) in [4.78, 5) is 23.2. The van der Waals surface area contributed by atoms with Gasteiger partial charge in [-0.05, 0) is 37.3 Å². The van der Waals surface area contributed by atoms with E-state index in [1.807, 2.05) is 41.2 Å². The fraction of sp³-hybridized carbons (Fsp3) is 0.0526. The van der Waals surface area contributed by atoms with Gasteiger partial charge in [-0.1, -0.05) is 24.3 Å². The van der Waals surface area contributed by atoms with Crippen molar-refractivity contribution in [3.63, 3.8) is 0 Å². The number of carbonyl (C=O) groups excluding carboxylic acids is 1. The minimum atomic E-state index is -0.475. The molecule has 3 aromatic rings. The number of nitro groups is 1. The zero-order chi connectivity index (χ0) is 18.5. The number of aromatic nitrogens is 1. The molecule has 26 heavy (non-hydrogen) atoms. The molecular weight excluding hydrogens is 332 g/mol. The molecule has 0 aliphatic carbocycles. The number of nitrogens with one attached hydrogen (secondary N) is 1. The lowest BCUT2D eigenvalue weighted by atomic mass is 10.1. The van der Waals surface area contributed by atoms with Crippen molar-refractivity contribution in [2.24, 2.45) is 5.10 Å². The largest absolute Gasteiger partial charge is 0.323 e. The Morgan fingerprint density at radius 3 is 2.31 bits per heavy atom. The van der Waals surface area contributed by atoms with E-state index in [0.29, 0.717) is 22.5 Å². The third-order valence-corrected chi connectivity index (χ3v) is 3.85. The smallest absolute Gasteiger partial charge is 0.278 e. The Morgan fingerprint density at radius 2 is 1.62 bits per heavy atom. The molecule has 1 amide bonds. The van der Waals surface area contributed by atoms with E-state index in [4.69, 9.17) is 0 Å². The van der Waals surface area contributed by atoms with E-state index < -0.39 is 10.8 Å². The van der Waals surface area contributed by atoms with Crippen molar-refractivity contribution in [2.75, 3.05) is 0 Å². The Hall–Kier alpha value is -3.74. The van der Waals surface area contributed by atoms with Crippen LogP contribution in [0.25, 0.3) is 5.69 Å². The van der Waals surface area contributed by atoms with Gasteiger partial charge in [-0.15, -0.1) is 0 Å². The number of hydrazone groups is 1. The Labute approximate surface area is 149 Å². The molecule has 2 aromatic carbocycles. The molecule has 0 radical (unpaired) electrons. The van der Waals surface area contributed by atoms with Crippen LogP contribution in [0.2, 0.25) is 0 Å². The van der Waals surface area contributed by atoms with Crippen LogP contribution < -0.4 is 5.43 Å². The summed E-state index contributed by atoms with van der Waals surface area (Å²) in [6.45, 7) is 1.61. The first-order valence-corrected chi connectivity index (χ1v) is 7.88. The summed E-state index contributed by atoms with van der Waals surface area (Å²) >= 11 is 0. The third kappa shape index (κ3) is 3.51. The highest BCUT2D eigenvalue weighted by atomic mass is 16.6. The van der Waals surface area contributed by atoms with Gasteiger partial charge in [0.25, 0.3) is 11.6 Å². The van der Waals surface area contributed by atoms with Crippen LogP contribution in [0, 0.1) is 10.1 Å². The third-order valence-electron chi connectivity index (χ3n) is 3.85. The number of nitrogens with zero attached hydrogens (tertiary/aromatic N) is 3. The van der Waals surface area contributed by atoms with Gasteiger partial charge in [0.05, 0.1) is 27.4 Å². The molecule has 0 bridgehead atoms. The summed E-state index contributed by atoms with van der Waals surface area (Å²) < 4.78 is 1.83. The monoisotopic (exact) mass is 348 g/mol. The van der Waals surface area contributed by atoms with Crippen LogP contribution >= 0.6 is 0 Å². The molecule has 1 aromatic heterocycles. The van der Waals surface area contributed by atoms with Gasteiger partial charge in [-0.3, -0.25) is 14.9 Å². The average Bonchev–Trinajstić information content (AvgIpc) is 3.20. The first-order chi connectivity index (χ1) is 12.6. The Bertz CT molecular complexity index is 978. The molecule has 0 aliphatic heterocycles. The number of benzene rings is 2. The van der Waals surface area contributed by atoms with E-state index >= 15 is 0 Å². The summed E-state index contributed by atoms with van der Waals surface area (Å²) in [7, 11) is 0. The quantitative estimate of drug-likeness (QED) is 0.434. The minimum absolute atomic E-state index is 0.0595. The summed E-state index contributed by atoms with van der Waals surface area (Å²) in [6, 6.07) is 17.1. The van der Waals surface area contributed by atoms with Crippen molar-refractivity contribution >= 4 is 17.3 Å². The maximum Gasteiger partial charge on any atom is 0.278 e. The molecule has 0 unspecified atom stereocenters. The van der Waals surface area contributed by atoms with Crippen molar-refractivity contribution in [1.82, 2.24) is 9.99 Å². The number of amides is 1. The van der Waals surface area contributed by atoms with Crippen molar-refractivity contribution in [2.45, 2.75) is 6.92 Å². The van der Waals surface area contributed by atoms with E-state index in [-0.39, 0.29) is 5.69 Å². The van der Waals surface area contributed by atoms with Gasteiger partial charge in [0.1, 0.15) is 0 Å². The summed E-state index contributed by atoms with van der Waals surface area (Å²) in [5, 5.41) is 15.2. The van der Waals surface area contributed by atoms with Crippen molar-refractivity contribution < 1.29 is 9.72 Å². The molecule has 3 rings (SSSR count). The number of rotatable bonds is 5. The topological polar surface area (TPSA) is 89.5 Å². The normalized spacial score (nSPS) is 11.2. The van der Waals surface area contributed by atoms with Crippen LogP contribution in [0.3, 0.4) is 0 Å². The predicted octanol–water partition coefficient (Wildman–Crippen LogP) is 3.54. The van der Waals surface area contributed by atoms with E-state index in [2.05, 4.69) is 10.5 Å². The molecular formula is C19H16N4O3. The highest BCUT2D eigenvalue weighted by molar-refractivity contribution is 6.04. The molecule has 7 heteroatoms. The zero-order valence-electron chi connectivity index (χ0n) is 14.0. The maximum absolute atomic E-state index is 12.5. The number of hydrogen-bond acceptors (Lipinski definition) is 4. The van der Waals surface area contributed by atoms with E-state index in [9.17, 15) is 14.9 Å². The summed E-state index contributed by atoms with van der Waals surface area (Å²) in [5.74, 6) is -0.396. The molecule has 1 N–H and O–H groups in total. The highest BCUT2D eigenvalue weighted by Crippen LogP contribution is 2.18. The van der Waals surface area contributed by atoms with Gasteiger partial charge < -0.3 is 4.57 Å². The molecule has 0 fully saturated rings. The summed E-state index contributed by atoms with van der Waals surface area (Å²) in [5.41, 5.74) is 4.29. The van der Waals surface area contributed by atoms with Crippen LogP contribution in [0.1, 0.15) is 22.8 Å². The lowest BCUT2D eigenvalue weighted by Crippen LogP contribution is -2.21. The number of hydrogen-bond donors (Lipinski definition) is 1. The maximum atomic E-state index is 12.5. The van der Waals surface area contributed by atoms with E-state index in [1.54, 1.807) is 37.3 Å². The van der Waals surface area contributed by atoms with E-state index in [0.717, 1.165) is 0 Å². The van der Waals surface area contributed by atoms with Gasteiger partial charge >= 0.3 is 0 Å². The molecule has 0 saturated heterocycles. The number of carbonyl (C=O) groups is 1. The SMILES string of the molecule is C/C(=N/NC(=O)c1ccccc1-n1cccc1)c1ccccc1[N+](=O)[O-]. The Kier molecular flexibility index (Phi) is 4.89. The zero-order valence-corrected chi connectivity index (χ0v) is 14.0. The molecule has 0 atom stereocenters. The molecule has 130 valence electrons. The molecule has 0 saturated carbocycles. The van der Waals surface area contributed by atoms with Crippen molar-refractivity contribution in [1.29, 1.82) is 0 Å². The van der Waals surface area contributed by atoms with Crippen LogP contribution in [-0.4, -0.2) is 21.1 Å². The van der Waals surface area contributed by atoms with Crippen molar-refractivity contribution in [3.05, 3.63) is 94.3 Å². The van der Waals surface area contributed by atoms with E-state index in [1.165, 1.54) is 6.07 Å². The molecule has 0 spiro atoms. The second kappa shape index (κ2) is 7.43. The van der Waals surface area contributed by atoms with Gasteiger partial charge in [-0.25, -0.2) is 5.43 Å². The molecule has 1 heterocycles. The fourth-order valence-electron chi connectivity index (χ4n) is 2.58. The van der Waals surface area contributed by atoms with Crippen LogP contribution in [0.15, 0.2) is 78.2 Å². The lowest BCUT2D eigenvalue weighted by molar-refractivity contribution is -0.385. The predicted molar refractivity (Wildman–Crippen MR) is 98.5 cm³/mol. The van der Waals surface area contributed by atoms with Gasteiger partial charge in [0.2, 0.25) is 0 Å². The van der Waals surface area contributed by atoms with Gasteiger partial charge in [0.15, 0.2) is 0 Å². The number of para-hydroxylation sites is 2. The fourth-order valence-corrected chi connectivity index (χ4v) is 2.58. The van der Waals surface area contributed by atoms with Gasteiger partial charge in [-0.2, -0.15) is 5.10 Å². The first-order valence-electron chi connectivity index (χ1n) is 7.88. The highest BCUT2D eigenvalue weighted by Gasteiger charge is 2.16. The second-order valence-electron chi connectivity index (χ2n) is 5.52. The molecule has 7 nitrogen and oxygen atoms in total. The lowest BCUT2D eigenvalue weighted by Gasteiger charge is -2.09. The number of nitro benzene ring substituents is 1. The Morgan fingerprint density at radius 1 is 1.00 bits per heavy atom. The van der Waals surface area contributed by atoms with Crippen LogP contribution in [0.4, 0.5) is 5.69 Å². The minimum Gasteiger partial charge on any atom is -0.323 e. The first kappa shape index (κ1) is 17.1.